The van der Waals surface area contributed by atoms with E-state index in [4.69, 9.17) is 14.1 Å². The number of carbonyl (C=O) groups is 2. The summed E-state index contributed by atoms with van der Waals surface area (Å²) in [5, 5.41) is 0.765. The van der Waals surface area contributed by atoms with Gasteiger partial charge in [-0.15, -0.1) is 0 Å². The Labute approximate surface area is 186 Å². The van der Waals surface area contributed by atoms with Gasteiger partial charge in [-0.2, -0.15) is 0 Å². The fourth-order valence-electron chi connectivity index (χ4n) is 4.69. The minimum absolute atomic E-state index is 0.122. The standard InChI is InChI=1S/C26H26N2O4/c29-23(28-13-4-1-5-14-28)17-32-26(30)24-20-10-2-3-12-22(20)27-25-18(8-6-11-21(24)25)16-19-9-7-15-31-19/h2-3,7,9-10,12,15-16H,1,4-6,8,11,13-14,17H2. The molecule has 6 nitrogen and oxygen atoms in total. The van der Waals surface area contributed by atoms with Gasteiger partial charge in [-0.1, -0.05) is 18.2 Å². The maximum absolute atomic E-state index is 13.3. The summed E-state index contributed by atoms with van der Waals surface area (Å²) in [6.45, 7) is 1.26. The first kappa shape index (κ1) is 20.5. The number of aromatic nitrogens is 1. The molecule has 0 radical (unpaired) electrons. The number of rotatable bonds is 4. The Morgan fingerprint density at radius 2 is 1.88 bits per heavy atom. The van der Waals surface area contributed by atoms with Crippen LogP contribution in [0.1, 0.15) is 59.5 Å². The summed E-state index contributed by atoms with van der Waals surface area (Å²) in [4.78, 5) is 32.5. The topological polar surface area (TPSA) is 72.6 Å². The third kappa shape index (κ3) is 4.05. The van der Waals surface area contributed by atoms with Gasteiger partial charge in [0.25, 0.3) is 5.91 Å². The van der Waals surface area contributed by atoms with Crippen molar-refractivity contribution in [1.29, 1.82) is 0 Å². The number of hydrogen-bond acceptors (Lipinski definition) is 5. The van der Waals surface area contributed by atoms with Gasteiger partial charge in [-0.3, -0.25) is 4.79 Å². The van der Waals surface area contributed by atoms with Crippen molar-refractivity contribution in [3.05, 3.63) is 65.2 Å². The lowest BCUT2D eigenvalue weighted by Crippen LogP contribution is -2.38. The molecule has 5 rings (SSSR count). The number of allylic oxidation sites excluding steroid dienone is 1. The predicted molar refractivity (Wildman–Crippen MR) is 122 cm³/mol. The molecule has 0 bridgehead atoms. The average molecular weight is 431 g/mol. The molecule has 164 valence electrons. The molecule has 1 saturated heterocycles. The summed E-state index contributed by atoms with van der Waals surface area (Å²) in [5.74, 6) is 0.187. The van der Waals surface area contributed by atoms with E-state index in [0.29, 0.717) is 5.56 Å². The Balaban J connectivity index is 1.49. The lowest BCUT2D eigenvalue weighted by atomic mass is 9.86. The molecule has 3 heterocycles. The molecule has 2 aromatic heterocycles. The number of benzene rings is 1. The Morgan fingerprint density at radius 1 is 1.03 bits per heavy atom. The summed E-state index contributed by atoms with van der Waals surface area (Å²) >= 11 is 0. The molecule has 6 heteroatoms. The van der Waals surface area contributed by atoms with Crippen molar-refractivity contribution in [2.45, 2.75) is 38.5 Å². The van der Waals surface area contributed by atoms with Gasteiger partial charge in [0.2, 0.25) is 0 Å². The van der Waals surface area contributed by atoms with Crippen LogP contribution < -0.4 is 0 Å². The fourth-order valence-corrected chi connectivity index (χ4v) is 4.69. The zero-order valence-corrected chi connectivity index (χ0v) is 18.0. The number of furan rings is 1. The molecule has 0 atom stereocenters. The fraction of sp³-hybridized carbons (Fsp3) is 0.346. The Kier molecular flexibility index (Phi) is 5.75. The molecule has 32 heavy (non-hydrogen) atoms. The molecule has 2 aliphatic rings. The van der Waals surface area contributed by atoms with E-state index in [1.54, 1.807) is 11.2 Å². The molecule has 1 fully saturated rings. The van der Waals surface area contributed by atoms with E-state index in [2.05, 4.69) is 0 Å². The zero-order valence-electron chi connectivity index (χ0n) is 18.0. The van der Waals surface area contributed by atoms with Crippen LogP contribution in [0.2, 0.25) is 0 Å². The van der Waals surface area contributed by atoms with Gasteiger partial charge < -0.3 is 14.1 Å². The van der Waals surface area contributed by atoms with Crippen molar-refractivity contribution in [2.24, 2.45) is 0 Å². The lowest BCUT2D eigenvalue weighted by molar-refractivity contribution is -0.135. The molecular formula is C26H26N2O4. The number of esters is 1. The number of carbonyl (C=O) groups excluding carboxylic acids is 2. The molecule has 0 N–H and O–H groups in total. The van der Waals surface area contributed by atoms with Crippen LogP contribution in [-0.4, -0.2) is 41.5 Å². The van der Waals surface area contributed by atoms with E-state index in [1.807, 2.05) is 42.5 Å². The third-order valence-corrected chi connectivity index (χ3v) is 6.27. The molecule has 1 amide bonds. The summed E-state index contributed by atoms with van der Waals surface area (Å²) in [7, 11) is 0. The minimum Gasteiger partial charge on any atom is -0.465 e. The van der Waals surface area contributed by atoms with Gasteiger partial charge in [0.15, 0.2) is 6.61 Å². The second-order valence-electron chi connectivity index (χ2n) is 8.39. The van der Waals surface area contributed by atoms with E-state index in [1.165, 1.54) is 0 Å². The predicted octanol–water partition coefficient (Wildman–Crippen LogP) is 4.87. The van der Waals surface area contributed by atoms with Crippen LogP contribution in [0.4, 0.5) is 0 Å². The number of piperidine rings is 1. The Hall–Kier alpha value is -3.41. The van der Waals surface area contributed by atoms with Crippen LogP contribution in [0.5, 0.6) is 0 Å². The number of likely N-dealkylation sites (tertiary alicyclic amines) is 1. The molecule has 0 unspecified atom stereocenters. The highest BCUT2D eigenvalue weighted by atomic mass is 16.5. The second-order valence-corrected chi connectivity index (χ2v) is 8.39. The monoisotopic (exact) mass is 430 g/mol. The molecule has 1 aliphatic carbocycles. The quantitative estimate of drug-likeness (QED) is 0.552. The summed E-state index contributed by atoms with van der Waals surface area (Å²) in [5.41, 5.74) is 4.03. The van der Waals surface area contributed by atoms with Gasteiger partial charge in [0, 0.05) is 18.5 Å². The maximum atomic E-state index is 13.3. The van der Waals surface area contributed by atoms with E-state index in [0.717, 1.165) is 85.1 Å². The first-order valence-corrected chi connectivity index (χ1v) is 11.3. The van der Waals surface area contributed by atoms with Crippen molar-refractivity contribution in [3.8, 4) is 0 Å². The first-order chi connectivity index (χ1) is 15.7. The van der Waals surface area contributed by atoms with E-state index < -0.39 is 5.97 Å². The normalized spacial score (nSPS) is 17.4. The summed E-state index contributed by atoms with van der Waals surface area (Å²) in [6, 6.07) is 11.4. The highest BCUT2D eigenvalue weighted by Crippen LogP contribution is 2.36. The number of ether oxygens (including phenoxy) is 1. The van der Waals surface area contributed by atoms with Gasteiger partial charge in [0.05, 0.1) is 23.0 Å². The zero-order chi connectivity index (χ0) is 21.9. The Morgan fingerprint density at radius 3 is 2.69 bits per heavy atom. The number of pyridine rings is 1. The highest BCUT2D eigenvalue weighted by Gasteiger charge is 2.27. The molecule has 0 saturated carbocycles. The SMILES string of the molecule is O=C(OCC(=O)N1CCCCC1)c1c2c(nc3ccccc13)C(=Cc1ccco1)CCC2. The van der Waals surface area contributed by atoms with Crippen molar-refractivity contribution < 1.29 is 18.7 Å². The van der Waals surface area contributed by atoms with Crippen LogP contribution in [-0.2, 0) is 16.0 Å². The maximum Gasteiger partial charge on any atom is 0.339 e. The van der Waals surface area contributed by atoms with E-state index >= 15 is 0 Å². The lowest BCUT2D eigenvalue weighted by Gasteiger charge is -2.26. The van der Waals surface area contributed by atoms with Crippen molar-refractivity contribution in [2.75, 3.05) is 19.7 Å². The van der Waals surface area contributed by atoms with E-state index in [-0.39, 0.29) is 12.5 Å². The van der Waals surface area contributed by atoms with Crippen molar-refractivity contribution in [3.63, 3.8) is 0 Å². The van der Waals surface area contributed by atoms with Crippen LogP contribution in [0.25, 0.3) is 22.6 Å². The van der Waals surface area contributed by atoms with Crippen molar-refractivity contribution in [1.82, 2.24) is 9.88 Å². The minimum atomic E-state index is -0.454. The van der Waals surface area contributed by atoms with Gasteiger partial charge >= 0.3 is 5.97 Å². The largest absolute Gasteiger partial charge is 0.465 e. The Bertz CT molecular complexity index is 1170. The summed E-state index contributed by atoms with van der Waals surface area (Å²) < 4.78 is 11.1. The third-order valence-electron chi connectivity index (χ3n) is 6.27. The molecule has 0 spiro atoms. The number of amides is 1. The average Bonchev–Trinajstić information content (AvgIpc) is 3.35. The van der Waals surface area contributed by atoms with Gasteiger partial charge in [-0.05, 0) is 73.9 Å². The van der Waals surface area contributed by atoms with Crippen LogP contribution in [0, 0.1) is 0 Å². The molecule has 1 aliphatic heterocycles. The molecule has 3 aromatic rings. The summed E-state index contributed by atoms with van der Waals surface area (Å²) in [6.07, 6.45) is 9.31. The second kappa shape index (κ2) is 8.99. The van der Waals surface area contributed by atoms with Gasteiger partial charge in [0.1, 0.15) is 5.76 Å². The first-order valence-electron chi connectivity index (χ1n) is 11.3. The van der Waals surface area contributed by atoms with E-state index in [9.17, 15) is 9.59 Å². The van der Waals surface area contributed by atoms with Crippen molar-refractivity contribution >= 4 is 34.4 Å². The van der Waals surface area contributed by atoms with Crippen LogP contribution in [0.3, 0.4) is 0 Å². The number of hydrogen-bond donors (Lipinski definition) is 0. The number of fused-ring (bicyclic) bond motifs is 2. The number of nitrogens with zero attached hydrogens (tertiary/aromatic N) is 2. The van der Waals surface area contributed by atoms with Gasteiger partial charge in [-0.25, -0.2) is 9.78 Å². The van der Waals surface area contributed by atoms with Crippen LogP contribution in [0.15, 0.2) is 47.1 Å². The smallest absolute Gasteiger partial charge is 0.339 e. The van der Waals surface area contributed by atoms with Crippen LogP contribution >= 0.6 is 0 Å². The molecular weight excluding hydrogens is 404 g/mol. The molecule has 1 aromatic carbocycles. The highest BCUT2D eigenvalue weighted by molar-refractivity contribution is 6.07. The number of para-hydroxylation sites is 1.